The number of halogens is 1. The van der Waals surface area contributed by atoms with Gasteiger partial charge < -0.3 is 10.4 Å². The molecule has 1 aromatic heterocycles. The Morgan fingerprint density at radius 2 is 2.18 bits per heavy atom. The Morgan fingerprint density at radius 1 is 1.53 bits per heavy atom. The average Bonchev–Trinajstić information content (AvgIpc) is 2.73. The van der Waals surface area contributed by atoms with Gasteiger partial charge in [-0.15, -0.1) is 0 Å². The van der Waals surface area contributed by atoms with Crippen LogP contribution in [0.1, 0.15) is 31.5 Å². The van der Waals surface area contributed by atoms with Crippen LogP contribution in [0.25, 0.3) is 0 Å². The van der Waals surface area contributed by atoms with Crippen molar-refractivity contribution in [2.75, 3.05) is 5.32 Å². The SMILES string of the molecule is Cc1ncc(F)c(NC2(C(=O)O)CCCC2)n1. The number of nitrogens with one attached hydrogen (secondary N) is 1. The van der Waals surface area contributed by atoms with Gasteiger partial charge in [-0.25, -0.2) is 19.2 Å². The Labute approximate surface area is 98.1 Å². The number of anilines is 1. The molecule has 1 saturated carbocycles. The highest BCUT2D eigenvalue weighted by molar-refractivity contribution is 5.82. The van der Waals surface area contributed by atoms with E-state index in [9.17, 15) is 14.3 Å². The van der Waals surface area contributed by atoms with Gasteiger partial charge in [0.25, 0.3) is 0 Å². The van der Waals surface area contributed by atoms with Crippen molar-refractivity contribution in [1.82, 2.24) is 9.97 Å². The van der Waals surface area contributed by atoms with Gasteiger partial charge in [0.05, 0.1) is 6.20 Å². The largest absolute Gasteiger partial charge is 0.480 e. The van der Waals surface area contributed by atoms with Crippen molar-refractivity contribution in [3.63, 3.8) is 0 Å². The third kappa shape index (κ3) is 2.20. The second kappa shape index (κ2) is 4.27. The van der Waals surface area contributed by atoms with E-state index in [1.165, 1.54) is 0 Å². The Morgan fingerprint density at radius 3 is 2.76 bits per heavy atom. The average molecular weight is 239 g/mol. The summed E-state index contributed by atoms with van der Waals surface area (Å²) in [7, 11) is 0. The molecule has 0 aromatic carbocycles. The summed E-state index contributed by atoms with van der Waals surface area (Å²) in [5.41, 5.74) is -1.08. The molecule has 1 aliphatic rings. The Bertz CT molecular complexity index is 444. The van der Waals surface area contributed by atoms with E-state index in [1.54, 1.807) is 6.92 Å². The van der Waals surface area contributed by atoms with Gasteiger partial charge in [0, 0.05) is 0 Å². The second-order valence-electron chi connectivity index (χ2n) is 4.33. The van der Waals surface area contributed by atoms with Crippen molar-refractivity contribution >= 4 is 11.8 Å². The molecule has 0 amide bonds. The van der Waals surface area contributed by atoms with Crippen molar-refractivity contribution in [2.24, 2.45) is 0 Å². The van der Waals surface area contributed by atoms with Crippen molar-refractivity contribution in [3.8, 4) is 0 Å². The normalized spacial score (nSPS) is 18.0. The molecule has 92 valence electrons. The molecule has 0 atom stereocenters. The number of rotatable bonds is 3. The van der Waals surface area contributed by atoms with E-state index in [0.717, 1.165) is 19.0 Å². The van der Waals surface area contributed by atoms with Gasteiger partial charge >= 0.3 is 5.97 Å². The number of hydrogen-bond acceptors (Lipinski definition) is 4. The number of aromatic nitrogens is 2. The summed E-state index contributed by atoms with van der Waals surface area (Å²) >= 11 is 0. The van der Waals surface area contributed by atoms with Gasteiger partial charge in [-0.3, -0.25) is 0 Å². The highest BCUT2D eigenvalue weighted by Gasteiger charge is 2.42. The van der Waals surface area contributed by atoms with Gasteiger partial charge in [-0.05, 0) is 19.8 Å². The van der Waals surface area contributed by atoms with Gasteiger partial charge in [-0.1, -0.05) is 12.8 Å². The zero-order valence-electron chi connectivity index (χ0n) is 9.53. The first kappa shape index (κ1) is 11.8. The Hall–Kier alpha value is -1.72. The molecule has 0 bridgehead atoms. The predicted molar refractivity (Wildman–Crippen MR) is 59.2 cm³/mol. The van der Waals surface area contributed by atoms with Crippen LogP contribution in [0.3, 0.4) is 0 Å². The fourth-order valence-corrected chi connectivity index (χ4v) is 2.14. The van der Waals surface area contributed by atoms with Gasteiger partial charge in [0.15, 0.2) is 11.6 Å². The number of carboxylic acids is 1. The van der Waals surface area contributed by atoms with Crippen LogP contribution < -0.4 is 5.32 Å². The summed E-state index contributed by atoms with van der Waals surface area (Å²) in [5.74, 6) is -1.19. The summed E-state index contributed by atoms with van der Waals surface area (Å²) in [6, 6.07) is 0. The van der Waals surface area contributed by atoms with Crippen LogP contribution in [0.15, 0.2) is 6.20 Å². The first-order valence-electron chi connectivity index (χ1n) is 5.54. The maximum atomic E-state index is 13.5. The van der Waals surface area contributed by atoms with Gasteiger partial charge in [0.1, 0.15) is 11.4 Å². The van der Waals surface area contributed by atoms with E-state index in [4.69, 9.17) is 0 Å². The smallest absolute Gasteiger partial charge is 0.329 e. The summed E-state index contributed by atoms with van der Waals surface area (Å²) in [5, 5.41) is 12.0. The summed E-state index contributed by atoms with van der Waals surface area (Å²) in [4.78, 5) is 18.9. The maximum absolute atomic E-state index is 13.5. The number of aryl methyl sites for hydroxylation is 1. The molecular formula is C11H14FN3O2. The minimum Gasteiger partial charge on any atom is -0.480 e. The number of hydrogen-bond donors (Lipinski definition) is 2. The van der Waals surface area contributed by atoms with Crippen molar-refractivity contribution in [2.45, 2.75) is 38.1 Å². The van der Waals surface area contributed by atoms with Crippen molar-refractivity contribution in [1.29, 1.82) is 0 Å². The van der Waals surface area contributed by atoms with Crippen molar-refractivity contribution in [3.05, 3.63) is 17.8 Å². The molecule has 0 unspecified atom stereocenters. The lowest BCUT2D eigenvalue weighted by Gasteiger charge is -2.26. The third-order valence-electron chi connectivity index (χ3n) is 3.09. The molecule has 2 rings (SSSR count). The molecule has 1 fully saturated rings. The third-order valence-corrected chi connectivity index (χ3v) is 3.09. The van der Waals surface area contributed by atoms with Crippen LogP contribution in [0.4, 0.5) is 10.2 Å². The lowest BCUT2D eigenvalue weighted by atomic mass is 9.98. The van der Waals surface area contributed by atoms with Crippen LogP contribution >= 0.6 is 0 Å². The standard InChI is InChI=1S/C11H14FN3O2/c1-7-13-6-8(12)9(14-7)15-11(10(16)17)4-2-3-5-11/h6H,2-5H2,1H3,(H,16,17)(H,13,14,15). The molecule has 5 nitrogen and oxygen atoms in total. The molecule has 1 aliphatic carbocycles. The summed E-state index contributed by atoms with van der Waals surface area (Å²) in [6.07, 6.45) is 3.68. The first-order chi connectivity index (χ1) is 8.03. The van der Waals surface area contributed by atoms with Gasteiger partial charge in [-0.2, -0.15) is 0 Å². The Kier molecular flexibility index (Phi) is 2.95. The minimum atomic E-state index is -1.08. The highest BCUT2D eigenvalue weighted by Crippen LogP contribution is 2.33. The molecule has 0 aliphatic heterocycles. The first-order valence-corrected chi connectivity index (χ1v) is 5.54. The molecule has 6 heteroatoms. The molecule has 0 spiro atoms. The van der Waals surface area contributed by atoms with E-state index >= 15 is 0 Å². The number of carbonyl (C=O) groups is 1. The minimum absolute atomic E-state index is 0.0261. The summed E-state index contributed by atoms with van der Waals surface area (Å²) in [6.45, 7) is 1.63. The number of carboxylic acid groups (broad SMARTS) is 1. The zero-order valence-corrected chi connectivity index (χ0v) is 9.53. The fourth-order valence-electron chi connectivity index (χ4n) is 2.14. The number of nitrogens with zero attached hydrogens (tertiary/aromatic N) is 2. The molecule has 1 aromatic rings. The molecular weight excluding hydrogens is 225 g/mol. The molecule has 2 N–H and O–H groups in total. The monoisotopic (exact) mass is 239 g/mol. The second-order valence-corrected chi connectivity index (χ2v) is 4.33. The van der Waals surface area contributed by atoms with Crippen LogP contribution in [0, 0.1) is 12.7 Å². The lowest BCUT2D eigenvalue weighted by Crippen LogP contribution is -2.44. The topological polar surface area (TPSA) is 75.1 Å². The predicted octanol–water partition coefficient (Wildman–Crippen LogP) is 1.73. The molecule has 0 radical (unpaired) electrons. The fraction of sp³-hybridized carbons (Fsp3) is 0.545. The Balaban J connectivity index is 2.29. The van der Waals surface area contributed by atoms with Crippen molar-refractivity contribution < 1.29 is 14.3 Å². The van der Waals surface area contributed by atoms with Crippen LogP contribution in [0.5, 0.6) is 0 Å². The van der Waals surface area contributed by atoms with E-state index < -0.39 is 17.3 Å². The number of aliphatic carboxylic acids is 1. The molecule has 1 heterocycles. The van der Waals surface area contributed by atoms with Gasteiger partial charge in [0.2, 0.25) is 0 Å². The molecule has 17 heavy (non-hydrogen) atoms. The highest BCUT2D eigenvalue weighted by atomic mass is 19.1. The van der Waals surface area contributed by atoms with E-state index in [2.05, 4.69) is 15.3 Å². The van der Waals surface area contributed by atoms with E-state index in [1.807, 2.05) is 0 Å². The van der Waals surface area contributed by atoms with Crippen LogP contribution in [0.2, 0.25) is 0 Å². The van der Waals surface area contributed by atoms with Crippen LogP contribution in [-0.4, -0.2) is 26.6 Å². The summed E-state index contributed by atoms with van der Waals surface area (Å²) < 4.78 is 13.5. The lowest BCUT2D eigenvalue weighted by molar-refractivity contribution is -0.142. The quantitative estimate of drug-likeness (QED) is 0.840. The van der Waals surface area contributed by atoms with Crippen LogP contribution in [-0.2, 0) is 4.79 Å². The van der Waals surface area contributed by atoms with E-state index in [-0.39, 0.29) is 5.82 Å². The molecule has 0 saturated heterocycles. The van der Waals surface area contributed by atoms with E-state index in [0.29, 0.717) is 18.7 Å². The zero-order chi connectivity index (χ0) is 12.5. The maximum Gasteiger partial charge on any atom is 0.329 e.